The number of aryl methyl sites for hydroxylation is 1. The average Bonchev–Trinajstić information content (AvgIpc) is 2.56. The Morgan fingerprint density at radius 2 is 1.94 bits per heavy atom. The van der Waals surface area contributed by atoms with Crippen LogP contribution in [0.4, 0.5) is 0 Å². The molecule has 0 amide bonds. The van der Waals surface area contributed by atoms with Crippen LogP contribution in [0.3, 0.4) is 0 Å². The molecule has 0 spiro atoms. The second-order valence-corrected chi connectivity index (χ2v) is 4.68. The van der Waals surface area contributed by atoms with Gasteiger partial charge in [-0.15, -0.1) is 0 Å². The molecule has 5 heteroatoms. The number of nitrogens with zero attached hydrogens (tertiary/aromatic N) is 3. The summed E-state index contributed by atoms with van der Waals surface area (Å²) in [4.78, 5) is 2.46. The lowest BCUT2D eigenvalue weighted by molar-refractivity contribution is 0.228. The van der Waals surface area contributed by atoms with Crippen molar-refractivity contribution < 1.29 is 0 Å². The molecule has 16 heavy (non-hydrogen) atoms. The molecule has 4 nitrogen and oxygen atoms in total. The van der Waals surface area contributed by atoms with Crippen LogP contribution in [0.2, 0.25) is 5.02 Å². The highest BCUT2D eigenvalue weighted by atomic mass is 35.5. The van der Waals surface area contributed by atoms with E-state index in [1.807, 2.05) is 18.5 Å². The molecule has 90 valence electrons. The Morgan fingerprint density at radius 3 is 2.50 bits per heavy atom. The maximum Gasteiger partial charge on any atom is 0.0844 e. The number of hydrogen-bond donors (Lipinski definition) is 1. The van der Waals surface area contributed by atoms with E-state index in [9.17, 15) is 0 Å². The Bertz CT molecular complexity index is 355. The van der Waals surface area contributed by atoms with Gasteiger partial charge in [0.2, 0.25) is 0 Å². The zero-order valence-corrected chi connectivity index (χ0v) is 10.7. The Labute approximate surface area is 102 Å². The maximum atomic E-state index is 6.11. The van der Waals surface area contributed by atoms with Crippen molar-refractivity contribution in [2.24, 2.45) is 0 Å². The molecule has 2 rings (SSSR count). The second-order valence-electron chi connectivity index (χ2n) is 4.30. The van der Waals surface area contributed by atoms with Crippen molar-refractivity contribution in [1.29, 1.82) is 0 Å². The summed E-state index contributed by atoms with van der Waals surface area (Å²) in [6.07, 6.45) is 0. The number of rotatable bonds is 3. The Morgan fingerprint density at radius 1 is 1.25 bits per heavy atom. The fourth-order valence-electron chi connectivity index (χ4n) is 2.06. The number of aromatic nitrogens is 2. The smallest absolute Gasteiger partial charge is 0.0844 e. The molecular weight excluding hydrogens is 224 g/mol. The van der Waals surface area contributed by atoms with Gasteiger partial charge in [0.05, 0.1) is 23.0 Å². The summed E-state index contributed by atoms with van der Waals surface area (Å²) in [5, 5.41) is 8.59. The van der Waals surface area contributed by atoms with E-state index in [0.717, 1.165) is 55.7 Å². The van der Waals surface area contributed by atoms with Gasteiger partial charge in [0.15, 0.2) is 0 Å². The summed E-state index contributed by atoms with van der Waals surface area (Å²) in [5.74, 6) is 0. The molecule has 0 bridgehead atoms. The first-order valence-corrected chi connectivity index (χ1v) is 6.19. The topological polar surface area (TPSA) is 33.1 Å². The lowest BCUT2D eigenvalue weighted by Crippen LogP contribution is -2.44. The van der Waals surface area contributed by atoms with Gasteiger partial charge in [-0.2, -0.15) is 5.10 Å². The minimum Gasteiger partial charge on any atom is -0.314 e. The minimum atomic E-state index is 0.806. The van der Waals surface area contributed by atoms with Crippen LogP contribution in [0.1, 0.15) is 11.4 Å². The first-order chi connectivity index (χ1) is 7.68. The molecule has 1 saturated heterocycles. The number of piperazine rings is 1. The minimum absolute atomic E-state index is 0.806. The third-order valence-corrected chi connectivity index (χ3v) is 3.68. The number of nitrogens with one attached hydrogen (secondary N) is 1. The lowest BCUT2D eigenvalue weighted by atomic mass is 10.3. The van der Waals surface area contributed by atoms with Crippen LogP contribution in [-0.4, -0.2) is 47.4 Å². The average molecular weight is 243 g/mol. The van der Waals surface area contributed by atoms with E-state index in [0.29, 0.717) is 0 Å². The van der Waals surface area contributed by atoms with E-state index in [4.69, 9.17) is 11.6 Å². The Hall–Kier alpha value is -0.580. The quantitative estimate of drug-likeness (QED) is 0.861. The van der Waals surface area contributed by atoms with Crippen molar-refractivity contribution >= 4 is 11.6 Å². The summed E-state index contributed by atoms with van der Waals surface area (Å²) < 4.78 is 2.01. The van der Waals surface area contributed by atoms with Gasteiger partial charge in [0.25, 0.3) is 0 Å². The predicted molar refractivity (Wildman–Crippen MR) is 66.0 cm³/mol. The highest BCUT2D eigenvalue weighted by Gasteiger charge is 2.12. The van der Waals surface area contributed by atoms with Gasteiger partial charge in [-0.3, -0.25) is 9.58 Å². The van der Waals surface area contributed by atoms with Crippen molar-refractivity contribution in [3.05, 3.63) is 16.4 Å². The molecule has 1 aromatic heterocycles. The fourth-order valence-corrected chi connectivity index (χ4v) is 2.20. The van der Waals surface area contributed by atoms with Gasteiger partial charge >= 0.3 is 0 Å². The first kappa shape index (κ1) is 11.9. The molecule has 1 aliphatic rings. The molecule has 0 saturated carbocycles. The van der Waals surface area contributed by atoms with E-state index in [-0.39, 0.29) is 0 Å². The molecule has 0 atom stereocenters. The Balaban J connectivity index is 1.91. The van der Waals surface area contributed by atoms with Crippen LogP contribution in [0.5, 0.6) is 0 Å². The van der Waals surface area contributed by atoms with Crippen LogP contribution in [0.25, 0.3) is 0 Å². The van der Waals surface area contributed by atoms with E-state index in [1.54, 1.807) is 0 Å². The van der Waals surface area contributed by atoms with Crippen molar-refractivity contribution in [3.63, 3.8) is 0 Å². The van der Waals surface area contributed by atoms with Crippen molar-refractivity contribution in [1.82, 2.24) is 20.0 Å². The van der Waals surface area contributed by atoms with E-state index >= 15 is 0 Å². The maximum absolute atomic E-state index is 6.11. The molecule has 0 aliphatic carbocycles. The van der Waals surface area contributed by atoms with Gasteiger partial charge in [-0.25, -0.2) is 0 Å². The molecule has 0 unspecified atom stereocenters. The summed E-state index contributed by atoms with van der Waals surface area (Å²) >= 11 is 6.11. The SMILES string of the molecule is Cc1nn(CCN2CCNCC2)c(C)c1Cl. The summed E-state index contributed by atoms with van der Waals surface area (Å²) in [6, 6.07) is 0. The molecular formula is C11H19ClN4. The monoisotopic (exact) mass is 242 g/mol. The molecule has 2 heterocycles. The number of hydrogen-bond acceptors (Lipinski definition) is 3. The fraction of sp³-hybridized carbons (Fsp3) is 0.727. The van der Waals surface area contributed by atoms with Crippen molar-refractivity contribution in [3.8, 4) is 0 Å². The van der Waals surface area contributed by atoms with Gasteiger partial charge < -0.3 is 5.32 Å². The molecule has 1 N–H and O–H groups in total. The standard InChI is InChI=1S/C11H19ClN4/c1-9-11(12)10(2)16(14-9)8-7-15-5-3-13-4-6-15/h13H,3-8H2,1-2H3. The predicted octanol–water partition coefficient (Wildman–Crippen LogP) is 1.06. The molecule has 1 fully saturated rings. The summed E-state index contributed by atoms with van der Waals surface area (Å²) in [6.45, 7) is 10.4. The van der Waals surface area contributed by atoms with E-state index in [1.165, 1.54) is 0 Å². The third kappa shape index (κ3) is 2.56. The van der Waals surface area contributed by atoms with Crippen LogP contribution >= 0.6 is 11.6 Å². The highest BCUT2D eigenvalue weighted by molar-refractivity contribution is 6.31. The largest absolute Gasteiger partial charge is 0.314 e. The molecule has 1 aromatic rings. The lowest BCUT2D eigenvalue weighted by Gasteiger charge is -2.27. The Kier molecular flexibility index (Phi) is 3.84. The van der Waals surface area contributed by atoms with E-state index in [2.05, 4.69) is 15.3 Å². The van der Waals surface area contributed by atoms with Crippen molar-refractivity contribution in [2.45, 2.75) is 20.4 Å². The molecule has 1 aliphatic heterocycles. The van der Waals surface area contributed by atoms with Gasteiger partial charge in [-0.1, -0.05) is 11.6 Å². The van der Waals surface area contributed by atoms with Crippen molar-refractivity contribution in [2.75, 3.05) is 32.7 Å². The second kappa shape index (κ2) is 5.17. The normalized spacial score (nSPS) is 17.9. The van der Waals surface area contributed by atoms with Crippen LogP contribution in [0, 0.1) is 13.8 Å². The van der Waals surface area contributed by atoms with Gasteiger partial charge in [-0.05, 0) is 13.8 Å². The van der Waals surface area contributed by atoms with E-state index < -0.39 is 0 Å². The summed E-state index contributed by atoms with van der Waals surface area (Å²) in [7, 11) is 0. The molecule has 0 radical (unpaired) electrons. The zero-order valence-electron chi connectivity index (χ0n) is 9.96. The zero-order chi connectivity index (χ0) is 11.5. The van der Waals surface area contributed by atoms with Gasteiger partial charge in [0, 0.05) is 32.7 Å². The molecule has 0 aromatic carbocycles. The summed E-state index contributed by atoms with van der Waals surface area (Å²) in [5.41, 5.74) is 2.01. The first-order valence-electron chi connectivity index (χ1n) is 5.81. The highest BCUT2D eigenvalue weighted by Crippen LogP contribution is 2.18. The number of halogens is 1. The third-order valence-electron chi connectivity index (χ3n) is 3.13. The van der Waals surface area contributed by atoms with Gasteiger partial charge in [0.1, 0.15) is 0 Å². The van der Waals surface area contributed by atoms with Crippen LogP contribution in [-0.2, 0) is 6.54 Å². The van der Waals surface area contributed by atoms with Crippen LogP contribution in [0.15, 0.2) is 0 Å². The van der Waals surface area contributed by atoms with Crippen LogP contribution < -0.4 is 5.32 Å².